The van der Waals surface area contributed by atoms with Crippen molar-refractivity contribution in [3.63, 3.8) is 0 Å². The molecule has 1 fully saturated rings. The first-order valence-electron chi connectivity index (χ1n) is 8.67. The molecular weight excluding hydrogens is 298 g/mol. The second kappa shape index (κ2) is 6.61. The summed E-state index contributed by atoms with van der Waals surface area (Å²) in [5, 5.41) is 1.18. The number of anilines is 1. The Kier molecular flexibility index (Phi) is 4.17. The smallest absolute Gasteiger partial charge is 0.137 e. The second-order valence-electron chi connectivity index (χ2n) is 6.50. The van der Waals surface area contributed by atoms with Crippen LogP contribution in [0.15, 0.2) is 49.1 Å². The van der Waals surface area contributed by atoms with E-state index in [4.69, 9.17) is 5.73 Å². The molecule has 5 heteroatoms. The Balaban J connectivity index is 1.51. The molecule has 4 rings (SSSR count). The van der Waals surface area contributed by atoms with Gasteiger partial charge in [-0.05, 0) is 56.0 Å². The molecule has 0 radical (unpaired) electrons. The molecule has 24 heavy (non-hydrogen) atoms. The number of piperidine rings is 1. The van der Waals surface area contributed by atoms with E-state index in [0.29, 0.717) is 0 Å². The molecule has 0 aromatic carbocycles. The highest BCUT2D eigenvalue weighted by Crippen LogP contribution is 2.25. The molecule has 4 heterocycles. The lowest BCUT2D eigenvalue weighted by molar-refractivity contribution is 0.386. The van der Waals surface area contributed by atoms with E-state index in [1.165, 1.54) is 23.9 Å². The van der Waals surface area contributed by atoms with Crippen molar-refractivity contribution in [2.24, 2.45) is 11.7 Å². The van der Waals surface area contributed by atoms with Gasteiger partial charge in [0.15, 0.2) is 0 Å². The zero-order valence-corrected chi connectivity index (χ0v) is 13.8. The predicted molar refractivity (Wildman–Crippen MR) is 97.5 cm³/mol. The van der Waals surface area contributed by atoms with Crippen LogP contribution in [0.25, 0.3) is 16.7 Å². The van der Waals surface area contributed by atoms with Crippen LogP contribution in [0, 0.1) is 5.92 Å². The number of hydrogen-bond donors (Lipinski definition) is 1. The van der Waals surface area contributed by atoms with Gasteiger partial charge in [-0.3, -0.25) is 9.55 Å². The van der Waals surface area contributed by atoms with Crippen molar-refractivity contribution in [1.82, 2.24) is 14.5 Å². The van der Waals surface area contributed by atoms with Crippen molar-refractivity contribution in [2.75, 3.05) is 24.5 Å². The summed E-state index contributed by atoms with van der Waals surface area (Å²) in [4.78, 5) is 11.3. The van der Waals surface area contributed by atoms with Crippen LogP contribution in [0.4, 0.5) is 5.69 Å². The van der Waals surface area contributed by atoms with Gasteiger partial charge in [-0.25, -0.2) is 4.98 Å². The summed E-state index contributed by atoms with van der Waals surface area (Å²) in [5.41, 5.74) is 7.97. The monoisotopic (exact) mass is 321 g/mol. The van der Waals surface area contributed by atoms with Gasteiger partial charge in [0, 0.05) is 30.9 Å². The van der Waals surface area contributed by atoms with Crippen molar-refractivity contribution in [2.45, 2.75) is 19.3 Å². The Morgan fingerprint density at radius 2 is 1.96 bits per heavy atom. The minimum atomic E-state index is 0.789. The molecule has 1 aliphatic rings. The fourth-order valence-corrected chi connectivity index (χ4v) is 3.60. The van der Waals surface area contributed by atoms with E-state index in [-0.39, 0.29) is 0 Å². The fraction of sp³-hybridized carbons (Fsp3) is 0.368. The van der Waals surface area contributed by atoms with Gasteiger partial charge in [-0.1, -0.05) is 0 Å². The van der Waals surface area contributed by atoms with Crippen molar-refractivity contribution in [1.29, 1.82) is 0 Å². The Labute approximate surface area is 142 Å². The molecule has 0 aliphatic carbocycles. The zero-order chi connectivity index (χ0) is 16.4. The van der Waals surface area contributed by atoms with Crippen LogP contribution < -0.4 is 10.6 Å². The predicted octanol–water partition coefficient (Wildman–Crippen LogP) is 2.99. The number of hydrogen-bond acceptors (Lipinski definition) is 4. The van der Waals surface area contributed by atoms with E-state index in [1.54, 1.807) is 0 Å². The number of fused-ring (bicyclic) bond motifs is 1. The maximum atomic E-state index is 5.68. The first kappa shape index (κ1) is 15.1. The van der Waals surface area contributed by atoms with Crippen LogP contribution in [0.2, 0.25) is 0 Å². The van der Waals surface area contributed by atoms with Crippen LogP contribution in [0.5, 0.6) is 0 Å². The average molecular weight is 321 g/mol. The molecule has 0 spiro atoms. The highest BCUT2D eigenvalue weighted by atomic mass is 15.1. The van der Waals surface area contributed by atoms with Crippen molar-refractivity contribution in [3.8, 4) is 5.82 Å². The molecule has 0 saturated carbocycles. The van der Waals surface area contributed by atoms with Crippen LogP contribution in [-0.2, 0) is 0 Å². The van der Waals surface area contributed by atoms with Gasteiger partial charge in [-0.2, -0.15) is 0 Å². The molecule has 5 nitrogen and oxygen atoms in total. The first-order valence-corrected chi connectivity index (χ1v) is 8.67. The van der Waals surface area contributed by atoms with Crippen molar-refractivity contribution < 1.29 is 0 Å². The Morgan fingerprint density at radius 3 is 2.71 bits per heavy atom. The van der Waals surface area contributed by atoms with E-state index in [9.17, 15) is 0 Å². The maximum absolute atomic E-state index is 5.68. The van der Waals surface area contributed by atoms with E-state index < -0.39 is 0 Å². The highest BCUT2D eigenvalue weighted by Gasteiger charge is 2.19. The molecule has 0 bridgehead atoms. The third-order valence-corrected chi connectivity index (χ3v) is 5.03. The number of pyridine rings is 2. The minimum absolute atomic E-state index is 0.789. The molecule has 124 valence electrons. The normalized spacial score (nSPS) is 16.0. The average Bonchev–Trinajstić information content (AvgIpc) is 3.07. The number of nitrogens with zero attached hydrogens (tertiary/aromatic N) is 4. The van der Waals surface area contributed by atoms with Gasteiger partial charge < -0.3 is 10.6 Å². The van der Waals surface area contributed by atoms with Gasteiger partial charge in [0.2, 0.25) is 0 Å². The van der Waals surface area contributed by atoms with E-state index in [2.05, 4.69) is 37.6 Å². The maximum Gasteiger partial charge on any atom is 0.137 e. The lowest BCUT2D eigenvalue weighted by atomic mass is 9.93. The van der Waals surface area contributed by atoms with Crippen LogP contribution in [-0.4, -0.2) is 34.2 Å². The third-order valence-electron chi connectivity index (χ3n) is 5.03. The van der Waals surface area contributed by atoms with Gasteiger partial charge in [0.1, 0.15) is 5.82 Å². The molecule has 2 N–H and O–H groups in total. The Morgan fingerprint density at radius 1 is 1.08 bits per heavy atom. The lowest BCUT2D eigenvalue weighted by Crippen LogP contribution is -2.34. The van der Waals surface area contributed by atoms with Gasteiger partial charge in [0.05, 0.1) is 23.6 Å². The zero-order valence-electron chi connectivity index (χ0n) is 13.8. The fourth-order valence-electron chi connectivity index (χ4n) is 3.60. The summed E-state index contributed by atoms with van der Waals surface area (Å²) in [6.45, 7) is 3.00. The molecule has 0 amide bonds. The minimum Gasteiger partial charge on any atom is -0.370 e. The molecule has 3 aromatic heterocycles. The van der Waals surface area contributed by atoms with Crippen LogP contribution in [0.1, 0.15) is 19.3 Å². The summed E-state index contributed by atoms with van der Waals surface area (Å²) < 4.78 is 2.08. The summed E-state index contributed by atoms with van der Waals surface area (Å²) in [6, 6.07) is 8.38. The Bertz CT molecular complexity index is 800. The molecule has 3 aromatic rings. The lowest BCUT2D eigenvalue weighted by Gasteiger charge is -2.33. The highest BCUT2D eigenvalue weighted by molar-refractivity contribution is 5.80. The van der Waals surface area contributed by atoms with Gasteiger partial charge in [-0.15, -0.1) is 0 Å². The molecule has 1 aliphatic heterocycles. The van der Waals surface area contributed by atoms with Gasteiger partial charge >= 0.3 is 0 Å². The molecule has 1 saturated heterocycles. The van der Waals surface area contributed by atoms with E-state index in [0.717, 1.165) is 43.3 Å². The topological polar surface area (TPSA) is 60.0 Å². The molecular formula is C19H23N5. The quantitative estimate of drug-likeness (QED) is 0.802. The number of rotatable bonds is 4. The summed E-state index contributed by atoms with van der Waals surface area (Å²) in [5.74, 6) is 1.72. The summed E-state index contributed by atoms with van der Waals surface area (Å²) in [7, 11) is 0. The second-order valence-corrected chi connectivity index (χ2v) is 6.50. The molecule has 0 unspecified atom stereocenters. The third kappa shape index (κ3) is 2.87. The first-order chi connectivity index (χ1) is 11.8. The summed E-state index contributed by atoms with van der Waals surface area (Å²) >= 11 is 0. The van der Waals surface area contributed by atoms with E-state index >= 15 is 0 Å². The number of aromatic nitrogens is 3. The Hall–Kier alpha value is -2.40. The standard InChI is InChI=1S/C19H23N5/c20-8-3-15-5-10-23(11-6-15)17-1-2-19(22-13-17)24-12-7-16-4-9-21-14-18(16)24/h1-2,4,7,9,12-15H,3,5-6,8,10-11,20H2. The number of nitrogens with two attached hydrogens (primary N) is 1. The van der Waals surface area contributed by atoms with Crippen molar-refractivity contribution >= 4 is 16.6 Å². The van der Waals surface area contributed by atoms with Crippen LogP contribution >= 0.6 is 0 Å². The van der Waals surface area contributed by atoms with Gasteiger partial charge in [0.25, 0.3) is 0 Å². The van der Waals surface area contributed by atoms with Crippen LogP contribution in [0.3, 0.4) is 0 Å². The SMILES string of the molecule is NCCC1CCN(c2ccc(-n3ccc4ccncc43)nc2)CC1. The van der Waals surface area contributed by atoms with Crippen molar-refractivity contribution in [3.05, 3.63) is 49.1 Å². The van der Waals surface area contributed by atoms with E-state index in [1.807, 2.05) is 30.9 Å². The largest absolute Gasteiger partial charge is 0.370 e. The molecule has 0 atom stereocenters. The summed E-state index contributed by atoms with van der Waals surface area (Å²) in [6.07, 6.45) is 11.3.